The maximum Gasteiger partial charge on any atom is 0.311 e. The third-order valence-electron chi connectivity index (χ3n) is 5.14. The summed E-state index contributed by atoms with van der Waals surface area (Å²) in [5, 5.41) is 16.0. The van der Waals surface area contributed by atoms with Crippen molar-refractivity contribution in [2.24, 2.45) is 5.92 Å². The number of nitrogens with one attached hydrogen (secondary N) is 1. The van der Waals surface area contributed by atoms with E-state index in [0.29, 0.717) is 10.0 Å². The number of nitrogens with zero attached hydrogens (tertiary/aromatic N) is 1. The third-order valence-corrected chi connectivity index (χ3v) is 5.66. The molecule has 2 aliphatic rings. The highest BCUT2D eigenvalue weighted by molar-refractivity contribution is 6.36. The Kier molecular flexibility index (Phi) is 4.29. The topological polar surface area (TPSA) is 64.4 Å². The second kappa shape index (κ2) is 6.49. The Hall–Kier alpha value is -2.24. The van der Waals surface area contributed by atoms with E-state index < -0.39 is 4.92 Å². The Morgan fingerprint density at radius 3 is 2.81 bits per heavy atom. The Morgan fingerprint density at radius 1 is 1.27 bits per heavy atom. The number of benzene rings is 2. The van der Waals surface area contributed by atoms with E-state index >= 15 is 0 Å². The summed E-state index contributed by atoms with van der Waals surface area (Å²) in [5.74, 6) is 0.666. The third kappa shape index (κ3) is 2.72. The van der Waals surface area contributed by atoms with Crippen LogP contribution in [0.5, 0.6) is 5.75 Å². The first-order valence-corrected chi connectivity index (χ1v) is 8.99. The molecule has 5 nitrogen and oxygen atoms in total. The van der Waals surface area contributed by atoms with Crippen LogP contribution in [0.2, 0.25) is 10.0 Å². The number of allylic oxidation sites excluding steroid dienone is 2. The zero-order chi connectivity index (χ0) is 18.4. The number of nitro benzene ring substituents is 1. The Labute approximate surface area is 160 Å². The van der Waals surface area contributed by atoms with Gasteiger partial charge in [0.25, 0.3) is 0 Å². The highest BCUT2D eigenvalue weighted by atomic mass is 35.5. The number of methoxy groups -OCH3 is 1. The van der Waals surface area contributed by atoms with Crippen molar-refractivity contribution in [3.8, 4) is 5.75 Å². The van der Waals surface area contributed by atoms with Crippen molar-refractivity contribution in [3.05, 3.63) is 73.8 Å². The predicted molar refractivity (Wildman–Crippen MR) is 102 cm³/mol. The van der Waals surface area contributed by atoms with Gasteiger partial charge >= 0.3 is 5.69 Å². The van der Waals surface area contributed by atoms with Crippen molar-refractivity contribution in [1.29, 1.82) is 0 Å². The van der Waals surface area contributed by atoms with E-state index in [0.717, 1.165) is 23.2 Å². The summed E-state index contributed by atoms with van der Waals surface area (Å²) in [6.45, 7) is 0. The number of fused-ring (bicyclic) bond motifs is 3. The van der Waals surface area contributed by atoms with Crippen molar-refractivity contribution < 1.29 is 9.66 Å². The predicted octanol–water partition coefficient (Wildman–Crippen LogP) is 5.74. The number of hydrogen-bond acceptors (Lipinski definition) is 4. The van der Waals surface area contributed by atoms with E-state index in [9.17, 15) is 10.1 Å². The number of anilines is 1. The minimum atomic E-state index is -0.420. The molecule has 0 fully saturated rings. The number of hydrogen-bond donors (Lipinski definition) is 1. The van der Waals surface area contributed by atoms with Crippen LogP contribution in [0.3, 0.4) is 0 Å². The highest BCUT2D eigenvalue weighted by Gasteiger charge is 2.39. The number of nitro groups is 1. The molecule has 0 saturated heterocycles. The van der Waals surface area contributed by atoms with Crippen LogP contribution in [-0.2, 0) is 0 Å². The number of halogens is 2. The summed E-state index contributed by atoms with van der Waals surface area (Å²) in [5.41, 5.74) is 2.71. The first kappa shape index (κ1) is 17.2. The minimum Gasteiger partial charge on any atom is -0.490 e. The van der Waals surface area contributed by atoms with Gasteiger partial charge in [0, 0.05) is 17.0 Å². The molecule has 0 saturated carbocycles. The molecular formula is C19H16Cl2N2O3. The SMILES string of the molecule is COc1ccc(C2Nc3c(Cl)cc(Cl)cc3C3C=CCC32)cc1[N+](=O)[O-]. The molecule has 3 unspecified atom stereocenters. The van der Waals surface area contributed by atoms with Crippen LogP contribution in [0.15, 0.2) is 42.5 Å². The molecule has 1 aliphatic carbocycles. The van der Waals surface area contributed by atoms with Gasteiger partial charge in [-0.15, -0.1) is 0 Å². The van der Waals surface area contributed by atoms with Crippen LogP contribution in [0, 0.1) is 16.0 Å². The van der Waals surface area contributed by atoms with Gasteiger partial charge in [0.1, 0.15) is 0 Å². The molecule has 0 amide bonds. The lowest BCUT2D eigenvalue weighted by Gasteiger charge is -2.38. The molecule has 26 heavy (non-hydrogen) atoms. The number of rotatable bonds is 3. The molecule has 0 aromatic heterocycles. The van der Waals surface area contributed by atoms with Crippen LogP contribution in [-0.4, -0.2) is 12.0 Å². The van der Waals surface area contributed by atoms with Gasteiger partial charge in [-0.2, -0.15) is 0 Å². The normalized spacial score (nSPS) is 23.1. The van der Waals surface area contributed by atoms with Crippen molar-refractivity contribution in [2.45, 2.75) is 18.4 Å². The fourth-order valence-electron chi connectivity index (χ4n) is 3.99. The van der Waals surface area contributed by atoms with Crippen molar-refractivity contribution in [1.82, 2.24) is 0 Å². The molecule has 0 bridgehead atoms. The van der Waals surface area contributed by atoms with Gasteiger partial charge in [-0.05, 0) is 41.7 Å². The van der Waals surface area contributed by atoms with Crippen molar-refractivity contribution in [2.75, 3.05) is 12.4 Å². The molecular weight excluding hydrogens is 375 g/mol. The number of ether oxygens (including phenoxy) is 1. The molecule has 3 atom stereocenters. The summed E-state index contributed by atoms with van der Waals surface area (Å²) in [4.78, 5) is 11.0. The van der Waals surface area contributed by atoms with Gasteiger partial charge in [0.15, 0.2) is 5.75 Å². The van der Waals surface area contributed by atoms with E-state index in [2.05, 4.69) is 17.5 Å². The summed E-state index contributed by atoms with van der Waals surface area (Å²) in [6.07, 6.45) is 5.19. The van der Waals surface area contributed by atoms with Gasteiger partial charge in [0.2, 0.25) is 0 Å². The second-order valence-corrected chi connectivity index (χ2v) is 7.36. The molecule has 0 spiro atoms. The fourth-order valence-corrected chi connectivity index (χ4v) is 4.56. The zero-order valence-corrected chi connectivity index (χ0v) is 15.4. The van der Waals surface area contributed by atoms with Crippen molar-refractivity contribution >= 4 is 34.6 Å². The molecule has 1 heterocycles. The molecule has 0 radical (unpaired) electrons. The van der Waals surface area contributed by atoms with Gasteiger partial charge in [-0.1, -0.05) is 41.4 Å². The van der Waals surface area contributed by atoms with E-state index in [-0.39, 0.29) is 29.3 Å². The van der Waals surface area contributed by atoms with E-state index in [4.69, 9.17) is 27.9 Å². The monoisotopic (exact) mass is 390 g/mol. The van der Waals surface area contributed by atoms with Crippen LogP contribution < -0.4 is 10.1 Å². The van der Waals surface area contributed by atoms with Crippen LogP contribution >= 0.6 is 23.2 Å². The quantitative estimate of drug-likeness (QED) is 0.412. The van der Waals surface area contributed by atoms with Crippen LogP contribution in [0.1, 0.15) is 29.5 Å². The molecule has 2 aromatic carbocycles. The minimum absolute atomic E-state index is 0.0395. The van der Waals surface area contributed by atoms with Gasteiger partial charge in [0.05, 0.1) is 28.8 Å². The maximum absolute atomic E-state index is 11.4. The molecule has 134 valence electrons. The van der Waals surface area contributed by atoms with Crippen LogP contribution in [0.25, 0.3) is 0 Å². The standard InChI is InChI=1S/C19H16Cl2N2O3/c1-26-17-6-5-10(7-16(17)23(24)25)18-13-4-2-3-12(13)14-8-11(20)9-15(21)19(14)22-18/h2-3,5-9,12-13,18,22H,4H2,1H3. The maximum atomic E-state index is 11.4. The summed E-state index contributed by atoms with van der Waals surface area (Å²) >= 11 is 12.6. The van der Waals surface area contributed by atoms with Gasteiger partial charge in [-0.3, -0.25) is 10.1 Å². The summed E-state index contributed by atoms with van der Waals surface area (Å²) in [6, 6.07) is 8.66. The largest absolute Gasteiger partial charge is 0.490 e. The lowest BCUT2D eigenvalue weighted by atomic mass is 9.77. The van der Waals surface area contributed by atoms with Crippen LogP contribution in [0.4, 0.5) is 11.4 Å². The second-order valence-electron chi connectivity index (χ2n) is 6.52. The molecule has 2 aromatic rings. The molecule has 4 rings (SSSR count). The smallest absolute Gasteiger partial charge is 0.311 e. The molecule has 1 N–H and O–H groups in total. The van der Waals surface area contributed by atoms with E-state index in [1.165, 1.54) is 7.11 Å². The first-order chi connectivity index (χ1) is 12.5. The zero-order valence-electron chi connectivity index (χ0n) is 13.9. The van der Waals surface area contributed by atoms with E-state index in [1.54, 1.807) is 18.2 Å². The summed E-state index contributed by atoms with van der Waals surface area (Å²) in [7, 11) is 1.43. The molecule has 1 aliphatic heterocycles. The lowest BCUT2D eigenvalue weighted by molar-refractivity contribution is -0.385. The summed E-state index contributed by atoms with van der Waals surface area (Å²) < 4.78 is 5.11. The first-order valence-electron chi connectivity index (χ1n) is 8.24. The highest BCUT2D eigenvalue weighted by Crippen LogP contribution is 2.52. The Morgan fingerprint density at radius 2 is 2.08 bits per heavy atom. The Balaban J connectivity index is 1.81. The van der Waals surface area contributed by atoms with Gasteiger partial charge in [-0.25, -0.2) is 0 Å². The fraction of sp³-hybridized carbons (Fsp3) is 0.263. The van der Waals surface area contributed by atoms with Gasteiger partial charge < -0.3 is 10.1 Å². The average Bonchev–Trinajstić information content (AvgIpc) is 3.10. The average molecular weight is 391 g/mol. The molecule has 7 heteroatoms. The van der Waals surface area contributed by atoms with Crippen molar-refractivity contribution in [3.63, 3.8) is 0 Å². The van der Waals surface area contributed by atoms with E-state index in [1.807, 2.05) is 12.1 Å². The Bertz CT molecular complexity index is 929. The lowest BCUT2D eigenvalue weighted by Crippen LogP contribution is -2.29.